The minimum Gasteiger partial charge on any atom is -0.370 e. The summed E-state index contributed by atoms with van der Waals surface area (Å²) in [5, 5.41) is 0. The Bertz CT molecular complexity index is 131. The Kier molecular flexibility index (Phi) is 4.66. The molecule has 0 fully saturated rings. The summed E-state index contributed by atoms with van der Waals surface area (Å²) in [4.78, 5) is 6.05. The van der Waals surface area contributed by atoms with Gasteiger partial charge in [-0.2, -0.15) is 0 Å². The molecule has 11 heavy (non-hydrogen) atoms. The predicted octanol–water partition coefficient (Wildman–Crippen LogP) is 1.05. The number of rotatable bonds is 3. The van der Waals surface area contributed by atoms with Gasteiger partial charge < -0.3 is 10.6 Å². The largest absolute Gasteiger partial charge is 0.370 e. The maximum atomic E-state index is 5.68. The van der Waals surface area contributed by atoms with Crippen LogP contribution in [0.2, 0.25) is 0 Å². The molecule has 0 radical (unpaired) electrons. The topological polar surface area (TPSA) is 41.6 Å². The molecule has 66 valence electrons. The van der Waals surface area contributed by atoms with E-state index in [9.17, 15) is 0 Å². The van der Waals surface area contributed by atoms with Crippen molar-refractivity contribution < 1.29 is 0 Å². The molecule has 0 spiro atoms. The molecule has 0 bridgehead atoms. The minimum atomic E-state index is 0.490. The van der Waals surface area contributed by atoms with E-state index in [4.69, 9.17) is 5.73 Å². The molecule has 0 aromatic carbocycles. The number of guanidine groups is 1. The molecule has 0 aliphatic rings. The van der Waals surface area contributed by atoms with Crippen LogP contribution < -0.4 is 5.73 Å². The lowest BCUT2D eigenvalue weighted by molar-refractivity contribution is 0.333. The molecular weight excluding hydrogens is 138 g/mol. The first kappa shape index (κ1) is 10.3. The average Bonchev–Trinajstić information content (AvgIpc) is 2.05. The van der Waals surface area contributed by atoms with Gasteiger partial charge in [0.2, 0.25) is 0 Å². The van der Waals surface area contributed by atoms with Crippen LogP contribution in [-0.4, -0.2) is 30.5 Å². The number of aliphatic imine (C=N–C) groups is 1. The zero-order valence-corrected chi connectivity index (χ0v) is 7.96. The Balaban J connectivity index is 4.15. The van der Waals surface area contributed by atoms with E-state index >= 15 is 0 Å². The number of nitrogens with two attached hydrogens (primary N) is 1. The van der Waals surface area contributed by atoms with E-state index in [0.717, 1.165) is 13.0 Å². The molecule has 2 N–H and O–H groups in total. The molecule has 0 aliphatic heterocycles. The first-order valence-corrected chi connectivity index (χ1v) is 4.16. The van der Waals surface area contributed by atoms with E-state index in [1.807, 2.05) is 0 Å². The fourth-order valence-electron chi connectivity index (χ4n) is 1.05. The van der Waals surface area contributed by atoms with Gasteiger partial charge in [-0.15, -0.1) is 0 Å². The number of hydrogen-bond donors (Lipinski definition) is 1. The third-order valence-electron chi connectivity index (χ3n) is 1.99. The van der Waals surface area contributed by atoms with Gasteiger partial charge in [-0.05, 0) is 20.3 Å². The van der Waals surface area contributed by atoms with E-state index in [1.165, 1.54) is 0 Å². The Morgan fingerprint density at radius 2 is 2.09 bits per heavy atom. The van der Waals surface area contributed by atoms with E-state index in [1.54, 1.807) is 7.05 Å². The first-order chi connectivity index (χ1) is 5.17. The molecule has 0 aliphatic carbocycles. The molecule has 0 aromatic rings. The van der Waals surface area contributed by atoms with Crippen molar-refractivity contribution >= 4 is 5.96 Å². The standard InChI is InChI=1S/C8H19N3/c1-5-7(3)11(6-2)8(9)10-4/h7H,5-6H2,1-4H3,(H2,9,10). The maximum absolute atomic E-state index is 5.68. The lowest BCUT2D eigenvalue weighted by Gasteiger charge is -2.27. The van der Waals surface area contributed by atoms with Crippen molar-refractivity contribution in [3.05, 3.63) is 0 Å². The van der Waals surface area contributed by atoms with E-state index in [-0.39, 0.29) is 0 Å². The summed E-state index contributed by atoms with van der Waals surface area (Å²) in [5.74, 6) is 0.641. The van der Waals surface area contributed by atoms with Gasteiger partial charge >= 0.3 is 0 Å². The first-order valence-electron chi connectivity index (χ1n) is 4.16. The molecule has 0 saturated carbocycles. The van der Waals surface area contributed by atoms with E-state index in [2.05, 4.69) is 30.7 Å². The van der Waals surface area contributed by atoms with Crippen LogP contribution in [-0.2, 0) is 0 Å². The highest BCUT2D eigenvalue weighted by molar-refractivity contribution is 5.78. The van der Waals surface area contributed by atoms with E-state index in [0.29, 0.717) is 12.0 Å². The van der Waals surface area contributed by atoms with Crippen LogP contribution >= 0.6 is 0 Å². The number of nitrogens with zero attached hydrogens (tertiary/aromatic N) is 2. The molecule has 1 unspecified atom stereocenters. The molecule has 3 heteroatoms. The second-order valence-corrected chi connectivity index (χ2v) is 2.63. The van der Waals surface area contributed by atoms with Crippen molar-refractivity contribution in [2.24, 2.45) is 10.7 Å². The van der Waals surface area contributed by atoms with Crippen LogP contribution in [0, 0.1) is 0 Å². The van der Waals surface area contributed by atoms with Crippen molar-refractivity contribution in [3.8, 4) is 0 Å². The van der Waals surface area contributed by atoms with Crippen molar-refractivity contribution in [3.63, 3.8) is 0 Å². The van der Waals surface area contributed by atoms with Gasteiger partial charge in [0, 0.05) is 19.6 Å². The van der Waals surface area contributed by atoms with Gasteiger partial charge in [0.1, 0.15) is 0 Å². The van der Waals surface area contributed by atoms with Gasteiger partial charge in [-0.3, -0.25) is 4.99 Å². The summed E-state index contributed by atoms with van der Waals surface area (Å²) in [6, 6.07) is 0.490. The monoisotopic (exact) mass is 157 g/mol. The third-order valence-corrected chi connectivity index (χ3v) is 1.99. The summed E-state index contributed by atoms with van der Waals surface area (Å²) in [6.45, 7) is 7.32. The Morgan fingerprint density at radius 3 is 2.36 bits per heavy atom. The van der Waals surface area contributed by atoms with Gasteiger partial charge in [-0.1, -0.05) is 6.92 Å². The summed E-state index contributed by atoms with van der Waals surface area (Å²) in [6.07, 6.45) is 1.10. The minimum absolute atomic E-state index is 0.490. The van der Waals surface area contributed by atoms with Crippen molar-refractivity contribution in [2.45, 2.75) is 33.2 Å². The van der Waals surface area contributed by atoms with Gasteiger partial charge in [0.25, 0.3) is 0 Å². The van der Waals surface area contributed by atoms with Crippen LogP contribution in [0.5, 0.6) is 0 Å². The van der Waals surface area contributed by atoms with Crippen LogP contribution in [0.15, 0.2) is 4.99 Å². The second-order valence-electron chi connectivity index (χ2n) is 2.63. The Morgan fingerprint density at radius 1 is 1.55 bits per heavy atom. The van der Waals surface area contributed by atoms with Gasteiger partial charge in [0.15, 0.2) is 5.96 Å². The molecular formula is C8H19N3. The lowest BCUT2D eigenvalue weighted by atomic mass is 10.2. The highest BCUT2D eigenvalue weighted by atomic mass is 15.3. The molecule has 3 nitrogen and oxygen atoms in total. The fraction of sp³-hybridized carbons (Fsp3) is 0.875. The molecule has 0 heterocycles. The Hall–Kier alpha value is -0.730. The molecule has 1 atom stereocenters. The average molecular weight is 157 g/mol. The highest BCUT2D eigenvalue weighted by Crippen LogP contribution is 2.01. The third kappa shape index (κ3) is 2.78. The fourth-order valence-corrected chi connectivity index (χ4v) is 1.05. The van der Waals surface area contributed by atoms with Gasteiger partial charge in [-0.25, -0.2) is 0 Å². The normalized spacial score (nSPS) is 14.7. The molecule has 0 aromatic heterocycles. The summed E-state index contributed by atoms with van der Waals surface area (Å²) >= 11 is 0. The summed E-state index contributed by atoms with van der Waals surface area (Å²) < 4.78 is 0. The van der Waals surface area contributed by atoms with Gasteiger partial charge in [0.05, 0.1) is 0 Å². The number of hydrogen-bond acceptors (Lipinski definition) is 1. The molecule has 0 amide bonds. The van der Waals surface area contributed by atoms with Crippen LogP contribution in [0.1, 0.15) is 27.2 Å². The zero-order valence-electron chi connectivity index (χ0n) is 7.96. The van der Waals surface area contributed by atoms with Crippen LogP contribution in [0.4, 0.5) is 0 Å². The molecule has 0 rings (SSSR count). The highest BCUT2D eigenvalue weighted by Gasteiger charge is 2.10. The van der Waals surface area contributed by atoms with E-state index < -0.39 is 0 Å². The maximum Gasteiger partial charge on any atom is 0.191 e. The van der Waals surface area contributed by atoms with Crippen molar-refractivity contribution in [1.29, 1.82) is 0 Å². The second kappa shape index (κ2) is 4.99. The van der Waals surface area contributed by atoms with Crippen molar-refractivity contribution in [1.82, 2.24) is 4.90 Å². The Labute approximate surface area is 69.3 Å². The quantitative estimate of drug-likeness (QED) is 0.491. The van der Waals surface area contributed by atoms with Crippen LogP contribution in [0.25, 0.3) is 0 Å². The van der Waals surface area contributed by atoms with Crippen molar-refractivity contribution in [2.75, 3.05) is 13.6 Å². The lowest BCUT2D eigenvalue weighted by Crippen LogP contribution is -2.42. The summed E-state index contributed by atoms with van der Waals surface area (Å²) in [5.41, 5.74) is 5.68. The predicted molar refractivity (Wildman–Crippen MR) is 49.7 cm³/mol. The van der Waals surface area contributed by atoms with Crippen LogP contribution in [0.3, 0.4) is 0 Å². The summed E-state index contributed by atoms with van der Waals surface area (Å²) in [7, 11) is 1.72. The smallest absolute Gasteiger partial charge is 0.191 e. The molecule has 0 saturated heterocycles. The zero-order chi connectivity index (χ0) is 8.85. The SMILES string of the molecule is CCC(C)N(CC)C(N)=NC.